The summed E-state index contributed by atoms with van der Waals surface area (Å²) in [5.41, 5.74) is -1.04. The van der Waals surface area contributed by atoms with Crippen molar-refractivity contribution < 1.29 is 9.13 Å². The lowest BCUT2D eigenvalue weighted by Gasteiger charge is -2.41. The minimum atomic E-state index is -1.04. The minimum absolute atomic E-state index is 0.198. The van der Waals surface area contributed by atoms with Crippen LogP contribution in [0.5, 0.6) is 0 Å². The average Bonchev–Trinajstić information content (AvgIpc) is 2.18. The molecular formula is C11H20FNO. The Labute approximate surface area is 85.2 Å². The predicted molar refractivity (Wildman–Crippen MR) is 54.0 cm³/mol. The molecule has 3 atom stereocenters. The van der Waals surface area contributed by atoms with Crippen LogP contribution in [0, 0.1) is 11.8 Å². The average molecular weight is 201 g/mol. The van der Waals surface area contributed by atoms with E-state index in [4.69, 9.17) is 4.74 Å². The molecule has 0 spiro atoms. The Morgan fingerprint density at radius 3 is 2.93 bits per heavy atom. The Morgan fingerprint density at radius 1 is 1.43 bits per heavy atom. The molecule has 82 valence electrons. The molecule has 0 saturated carbocycles. The zero-order chi connectivity index (χ0) is 10.0. The number of alkyl halides is 1. The van der Waals surface area contributed by atoms with E-state index in [0.717, 1.165) is 39.0 Å². The van der Waals surface area contributed by atoms with Crippen molar-refractivity contribution in [3.05, 3.63) is 0 Å². The van der Waals surface area contributed by atoms with Crippen molar-refractivity contribution in [2.24, 2.45) is 11.8 Å². The summed E-state index contributed by atoms with van der Waals surface area (Å²) in [7, 11) is 0. The van der Waals surface area contributed by atoms with Crippen LogP contribution in [0.2, 0.25) is 0 Å². The Hall–Kier alpha value is -0.150. The second kappa shape index (κ2) is 4.15. The van der Waals surface area contributed by atoms with E-state index in [1.807, 2.05) is 0 Å². The fraction of sp³-hybridized carbons (Fsp3) is 1.00. The normalized spacial score (nSPS) is 45.0. The fourth-order valence-corrected chi connectivity index (χ4v) is 2.83. The molecule has 3 heteroatoms. The molecule has 3 unspecified atom stereocenters. The van der Waals surface area contributed by atoms with Gasteiger partial charge in [0.1, 0.15) is 5.67 Å². The number of ether oxygens (including phenoxy) is 1. The SMILES string of the molecule is CC1(F)CNCCC1C1CCCOC1. The number of nitrogens with one attached hydrogen (secondary N) is 1. The van der Waals surface area contributed by atoms with E-state index in [9.17, 15) is 4.39 Å². The highest BCUT2D eigenvalue weighted by Gasteiger charge is 2.41. The number of rotatable bonds is 1. The molecule has 14 heavy (non-hydrogen) atoms. The van der Waals surface area contributed by atoms with Crippen molar-refractivity contribution in [2.75, 3.05) is 26.3 Å². The topological polar surface area (TPSA) is 21.3 Å². The maximum absolute atomic E-state index is 14.2. The smallest absolute Gasteiger partial charge is 0.123 e. The summed E-state index contributed by atoms with van der Waals surface area (Å²) in [6, 6.07) is 0. The van der Waals surface area contributed by atoms with E-state index in [-0.39, 0.29) is 5.92 Å². The van der Waals surface area contributed by atoms with E-state index in [0.29, 0.717) is 12.5 Å². The molecule has 0 aliphatic carbocycles. The number of halogens is 1. The summed E-state index contributed by atoms with van der Waals surface area (Å²) in [4.78, 5) is 0. The highest BCUT2D eigenvalue weighted by molar-refractivity contribution is 4.93. The lowest BCUT2D eigenvalue weighted by atomic mass is 9.74. The highest BCUT2D eigenvalue weighted by Crippen LogP contribution is 2.37. The van der Waals surface area contributed by atoms with Gasteiger partial charge in [-0.05, 0) is 38.6 Å². The molecule has 2 aliphatic heterocycles. The van der Waals surface area contributed by atoms with Crippen LogP contribution in [-0.2, 0) is 4.74 Å². The summed E-state index contributed by atoms with van der Waals surface area (Å²) in [5, 5.41) is 3.13. The van der Waals surface area contributed by atoms with Crippen LogP contribution in [0.1, 0.15) is 26.2 Å². The monoisotopic (exact) mass is 201 g/mol. The van der Waals surface area contributed by atoms with Crippen LogP contribution in [-0.4, -0.2) is 32.0 Å². The van der Waals surface area contributed by atoms with Gasteiger partial charge in [0.2, 0.25) is 0 Å². The third-order valence-corrected chi connectivity index (χ3v) is 3.64. The summed E-state index contributed by atoms with van der Waals surface area (Å²) in [6.45, 7) is 4.84. The van der Waals surface area contributed by atoms with E-state index >= 15 is 0 Å². The molecule has 0 radical (unpaired) electrons. The molecule has 0 aromatic heterocycles. The van der Waals surface area contributed by atoms with Crippen molar-refractivity contribution in [1.82, 2.24) is 5.32 Å². The van der Waals surface area contributed by atoms with Crippen LogP contribution >= 0.6 is 0 Å². The van der Waals surface area contributed by atoms with Gasteiger partial charge in [0.15, 0.2) is 0 Å². The fourth-order valence-electron chi connectivity index (χ4n) is 2.83. The van der Waals surface area contributed by atoms with Gasteiger partial charge in [-0.1, -0.05) is 0 Å². The van der Waals surface area contributed by atoms with E-state index in [1.54, 1.807) is 6.92 Å². The number of hydrogen-bond donors (Lipinski definition) is 1. The van der Waals surface area contributed by atoms with Gasteiger partial charge in [0.05, 0.1) is 0 Å². The van der Waals surface area contributed by atoms with Crippen LogP contribution in [0.4, 0.5) is 4.39 Å². The highest BCUT2D eigenvalue weighted by atomic mass is 19.1. The van der Waals surface area contributed by atoms with Gasteiger partial charge in [-0.2, -0.15) is 0 Å². The molecule has 2 nitrogen and oxygen atoms in total. The van der Waals surface area contributed by atoms with Gasteiger partial charge in [0, 0.05) is 25.7 Å². The van der Waals surface area contributed by atoms with Crippen LogP contribution in [0.15, 0.2) is 0 Å². The minimum Gasteiger partial charge on any atom is -0.381 e. The Balaban J connectivity index is 1.99. The molecule has 2 rings (SSSR count). The summed E-state index contributed by atoms with van der Waals surface area (Å²) >= 11 is 0. The molecule has 0 aromatic rings. The summed E-state index contributed by atoms with van der Waals surface area (Å²) < 4.78 is 19.6. The molecule has 2 heterocycles. The molecule has 2 aliphatic rings. The van der Waals surface area contributed by atoms with Crippen LogP contribution < -0.4 is 5.32 Å². The van der Waals surface area contributed by atoms with E-state index in [1.165, 1.54) is 0 Å². The molecule has 1 N–H and O–H groups in total. The van der Waals surface area contributed by atoms with Crippen LogP contribution in [0.25, 0.3) is 0 Å². The lowest BCUT2D eigenvalue weighted by molar-refractivity contribution is -0.0335. The summed E-state index contributed by atoms with van der Waals surface area (Å²) in [6.07, 6.45) is 3.20. The molecule has 2 fully saturated rings. The van der Waals surface area contributed by atoms with Crippen molar-refractivity contribution in [1.29, 1.82) is 0 Å². The van der Waals surface area contributed by atoms with Crippen molar-refractivity contribution in [2.45, 2.75) is 31.9 Å². The van der Waals surface area contributed by atoms with Gasteiger partial charge in [-0.15, -0.1) is 0 Å². The Kier molecular flexibility index (Phi) is 3.07. The summed E-state index contributed by atoms with van der Waals surface area (Å²) in [5.74, 6) is 0.643. The van der Waals surface area contributed by atoms with Gasteiger partial charge in [-0.3, -0.25) is 0 Å². The first-order valence-corrected chi connectivity index (χ1v) is 5.67. The van der Waals surface area contributed by atoms with Gasteiger partial charge in [-0.25, -0.2) is 4.39 Å². The maximum atomic E-state index is 14.2. The van der Waals surface area contributed by atoms with E-state index < -0.39 is 5.67 Å². The van der Waals surface area contributed by atoms with Crippen molar-refractivity contribution in [3.8, 4) is 0 Å². The Bertz CT molecular complexity index is 190. The standard InChI is InChI=1S/C11H20FNO/c1-11(12)8-13-5-4-10(11)9-3-2-6-14-7-9/h9-10,13H,2-8H2,1H3. The first kappa shape index (κ1) is 10.4. The predicted octanol–water partition coefficient (Wildman–Crippen LogP) is 1.75. The van der Waals surface area contributed by atoms with Gasteiger partial charge < -0.3 is 10.1 Å². The third kappa shape index (κ3) is 2.09. The molecule has 0 aromatic carbocycles. The van der Waals surface area contributed by atoms with Crippen LogP contribution in [0.3, 0.4) is 0 Å². The van der Waals surface area contributed by atoms with Crippen molar-refractivity contribution in [3.63, 3.8) is 0 Å². The van der Waals surface area contributed by atoms with Crippen molar-refractivity contribution >= 4 is 0 Å². The molecule has 2 saturated heterocycles. The number of piperidine rings is 1. The second-order valence-corrected chi connectivity index (χ2v) is 4.83. The largest absolute Gasteiger partial charge is 0.381 e. The zero-order valence-electron chi connectivity index (χ0n) is 8.89. The maximum Gasteiger partial charge on any atom is 0.123 e. The third-order valence-electron chi connectivity index (χ3n) is 3.64. The quantitative estimate of drug-likeness (QED) is 0.698. The van der Waals surface area contributed by atoms with Gasteiger partial charge >= 0.3 is 0 Å². The zero-order valence-corrected chi connectivity index (χ0v) is 8.89. The van der Waals surface area contributed by atoms with Gasteiger partial charge in [0.25, 0.3) is 0 Å². The first-order chi connectivity index (χ1) is 6.70. The Morgan fingerprint density at radius 2 is 2.29 bits per heavy atom. The molecule has 0 bridgehead atoms. The van der Waals surface area contributed by atoms with E-state index in [2.05, 4.69) is 5.32 Å². The molecule has 0 amide bonds. The lowest BCUT2D eigenvalue weighted by Crippen LogP contribution is -2.51. The molecular weight excluding hydrogens is 181 g/mol. The second-order valence-electron chi connectivity index (χ2n) is 4.83. The number of hydrogen-bond acceptors (Lipinski definition) is 2. The first-order valence-electron chi connectivity index (χ1n) is 5.67.